The largest absolute Gasteiger partial charge is 0.510 e. The lowest BCUT2D eigenvalue weighted by atomic mass is 9.47. The molecule has 5 aliphatic rings. The van der Waals surface area contributed by atoms with Gasteiger partial charge in [-0.05, 0) is 66.9 Å². The van der Waals surface area contributed by atoms with Crippen molar-refractivity contribution < 1.29 is 19.7 Å². The molecule has 1 spiro atoms. The Morgan fingerprint density at radius 1 is 1.31 bits per heavy atom. The van der Waals surface area contributed by atoms with Crippen molar-refractivity contribution in [3.63, 3.8) is 0 Å². The molecule has 142 valence electrons. The molecule has 26 heavy (non-hydrogen) atoms. The number of ketones is 1. The lowest BCUT2D eigenvalue weighted by Gasteiger charge is -2.55. The number of rotatable bonds is 1. The zero-order valence-corrected chi connectivity index (χ0v) is 16.0. The summed E-state index contributed by atoms with van der Waals surface area (Å²) in [5.74, 6) is 1.73. The fraction of sp³-hybridized carbons (Fsp3) is 0.773. The van der Waals surface area contributed by atoms with E-state index in [1.807, 2.05) is 6.08 Å². The van der Waals surface area contributed by atoms with Gasteiger partial charge >= 0.3 is 0 Å². The topological polar surface area (TPSA) is 70.1 Å². The van der Waals surface area contributed by atoms with Gasteiger partial charge in [0.25, 0.3) is 0 Å². The van der Waals surface area contributed by atoms with E-state index in [1.165, 1.54) is 5.57 Å². The minimum Gasteiger partial charge on any atom is -0.510 e. The van der Waals surface area contributed by atoms with Crippen LogP contribution in [0.15, 0.2) is 23.0 Å². The maximum atomic E-state index is 12.0. The zero-order valence-electron chi connectivity index (χ0n) is 16.0. The second-order valence-electron chi connectivity index (χ2n) is 9.90. The van der Waals surface area contributed by atoms with E-state index in [2.05, 4.69) is 20.8 Å². The molecule has 0 unspecified atom stereocenters. The number of hydrogen-bond acceptors (Lipinski definition) is 4. The van der Waals surface area contributed by atoms with Gasteiger partial charge in [-0.2, -0.15) is 0 Å². The molecule has 2 N–H and O–H groups in total. The predicted octanol–water partition coefficient (Wildman–Crippen LogP) is 3.70. The number of epoxide rings is 1. The number of carbonyl (C=O) groups excluding carboxylic acids is 1. The molecule has 0 aromatic rings. The first kappa shape index (κ1) is 17.0. The third kappa shape index (κ3) is 1.76. The summed E-state index contributed by atoms with van der Waals surface area (Å²) < 4.78 is 6.56. The van der Waals surface area contributed by atoms with Gasteiger partial charge in [-0.15, -0.1) is 0 Å². The van der Waals surface area contributed by atoms with E-state index in [1.54, 1.807) is 0 Å². The van der Waals surface area contributed by atoms with Crippen molar-refractivity contribution >= 4 is 5.78 Å². The average molecular weight is 358 g/mol. The van der Waals surface area contributed by atoms with Crippen molar-refractivity contribution in [2.45, 2.75) is 71.0 Å². The van der Waals surface area contributed by atoms with Crippen LogP contribution in [0.5, 0.6) is 0 Å². The smallest absolute Gasteiger partial charge is 0.155 e. The van der Waals surface area contributed by atoms with Gasteiger partial charge < -0.3 is 14.9 Å². The summed E-state index contributed by atoms with van der Waals surface area (Å²) in [6, 6.07) is 0. The minimum absolute atomic E-state index is 0.00937. The first-order valence-electron chi connectivity index (χ1n) is 10.2. The highest BCUT2D eigenvalue weighted by molar-refractivity contribution is 5.91. The van der Waals surface area contributed by atoms with Crippen LogP contribution in [-0.2, 0) is 9.53 Å². The predicted molar refractivity (Wildman–Crippen MR) is 97.5 cm³/mol. The van der Waals surface area contributed by atoms with E-state index in [4.69, 9.17) is 4.74 Å². The summed E-state index contributed by atoms with van der Waals surface area (Å²) in [5, 5.41) is 20.0. The molecule has 4 nitrogen and oxygen atoms in total. The molecule has 4 heteroatoms. The Kier molecular flexibility index (Phi) is 3.28. The first-order valence-corrected chi connectivity index (χ1v) is 10.2. The molecule has 5 rings (SSSR count). The van der Waals surface area contributed by atoms with Crippen molar-refractivity contribution in [2.75, 3.05) is 6.61 Å². The van der Waals surface area contributed by atoms with Crippen LogP contribution in [-0.4, -0.2) is 34.3 Å². The molecular weight excluding hydrogens is 328 g/mol. The Morgan fingerprint density at radius 3 is 2.81 bits per heavy atom. The maximum absolute atomic E-state index is 12.0. The number of aliphatic hydroxyl groups is 2. The van der Waals surface area contributed by atoms with E-state index >= 15 is 0 Å². The van der Waals surface area contributed by atoms with Crippen molar-refractivity contribution in [1.29, 1.82) is 0 Å². The Morgan fingerprint density at radius 2 is 2.08 bits per heavy atom. The monoisotopic (exact) mass is 358 g/mol. The van der Waals surface area contributed by atoms with Gasteiger partial charge in [-0.3, -0.25) is 4.79 Å². The normalized spacial score (nSPS) is 53.8. The third-order valence-electron chi connectivity index (χ3n) is 8.90. The molecule has 0 amide bonds. The van der Waals surface area contributed by atoms with E-state index in [0.717, 1.165) is 37.7 Å². The number of fused-ring (bicyclic) bond motifs is 3. The summed E-state index contributed by atoms with van der Waals surface area (Å²) in [6.07, 6.45) is 7.74. The molecule has 3 saturated carbocycles. The van der Waals surface area contributed by atoms with Crippen LogP contribution in [0.3, 0.4) is 0 Å². The molecule has 1 aliphatic heterocycles. The van der Waals surface area contributed by atoms with Gasteiger partial charge in [0.1, 0.15) is 18.0 Å². The SMILES string of the molecule is C[C@@H]1C[C@H]2[C@@H]3CCC4=CC(=O)CC[C@]4(C)[C@@]34O[C@H]4C[C@]2(C)C1=C(O)CO. The summed E-state index contributed by atoms with van der Waals surface area (Å²) in [4.78, 5) is 12.0. The molecule has 1 saturated heterocycles. The van der Waals surface area contributed by atoms with E-state index < -0.39 is 0 Å². The number of aliphatic hydroxyl groups excluding tert-OH is 2. The van der Waals surface area contributed by atoms with Crippen LogP contribution >= 0.6 is 0 Å². The molecule has 7 atom stereocenters. The highest BCUT2D eigenvalue weighted by Gasteiger charge is 2.79. The first-order chi connectivity index (χ1) is 12.3. The minimum atomic E-state index is -0.268. The van der Waals surface area contributed by atoms with Gasteiger partial charge in [0, 0.05) is 11.8 Å². The summed E-state index contributed by atoms with van der Waals surface area (Å²) >= 11 is 0. The van der Waals surface area contributed by atoms with Crippen molar-refractivity contribution in [2.24, 2.45) is 28.6 Å². The number of hydrogen-bond donors (Lipinski definition) is 2. The number of carbonyl (C=O) groups is 1. The third-order valence-corrected chi connectivity index (χ3v) is 8.90. The summed E-state index contributed by atoms with van der Waals surface area (Å²) in [7, 11) is 0. The van der Waals surface area contributed by atoms with E-state index in [-0.39, 0.29) is 40.7 Å². The lowest BCUT2D eigenvalue weighted by molar-refractivity contribution is -0.117. The Labute approximate surface area is 155 Å². The molecule has 0 aromatic carbocycles. The molecule has 0 bridgehead atoms. The Balaban J connectivity index is 1.59. The average Bonchev–Trinajstić information content (AvgIpc) is 3.24. The van der Waals surface area contributed by atoms with Crippen LogP contribution in [0.4, 0.5) is 0 Å². The molecular formula is C22H30O4. The van der Waals surface area contributed by atoms with E-state index in [9.17, 15) is 15.0 Å². The standard InChI is InChI=1S/C22H30O4/c1-12-8-16-15-5-4-13-9-14(24)6-7-21(13,3)22(15)18(26-22)10-20(16,2)19(12)17(25)11-23/h9,12,15-16,18,23,25H,4-8,10-11H2,1-3H3/t12-,15+,16+,18+,20+,21+,22-/m1/s1. The van der Waals surface area contributed by atoms with Crippen LogP contribution in [0, 0.1) is 28.6 Å². The van der Waals surface area contributed by atoms with Crippen LogP contribution in [0.25, 0.3) is 0 Å². The van der Waals surface area contributed by atoms with Crippen molar-refractivity contribution in [3.8, 4) is 0 Å². The number of ether oxygens (including phenoxy) is 1. The van der Waals surface area contributed by atoms with Crippen LogP contribution in [0.1, 0.15) is 59.3 Å². The van der Waals surface area contributed by atoms with Gasteiger partial charge in [0.05, 0.1) is 6.10 Å². The number of allylic oxidation sites excluding steroid dienone is 1. The van der Waals surface area contributed by atoms with Gasteiger partial charge in [-0.1, -0.05) is 26.3 Å². The molecule has 4 aliphatic carbocycles. The summed E-state index contributed by atoms with van der Waals surface area (Å²) in [5.41, 5.74) is 2.19. The quantitative estimate of drug-likeness (QED) is 0.554. The fourth-order valence-electron chi connectivity index (χ4n) is 7.87. The second kappa shape index (κ2) is 5.02. The van der Waals surface area contributed by atoms with Gasteiger partial charge in [0.15, 0.2) is 5.78 Å². The van der Waals surface area contributed by atoms with Crippen LogP contribution in [0.2, 0.25) is 0 Å². The van der Waals surface area contributed by atoms with Crippen molar-refractivity contribution in [3.05, 3.63) is 23.0 Å². The molecule has 0 radical (unpaired) electrons. The highest BCUT2D eigenvalue weighted by Crippen LogP contribution is 2.76. The maximum Gasteiger partial charge on any atom is 0.155 e. The molecule has 4 fully saturated rings. The fourth-order valence-corrected chi connectivity index (χ4v) is 7.87. The second-order valence-corrected chi connectivity index (χ2v) is 9.90. The van der Waals surface area contributed by atoms with Crippen molar-refractivity contribution in [1.82, 2.24) is 0 Å². The summed E-state index contributed by atoms with van der Waals surface area (Å²) in [6.45, 7) is 6.54. The lowest BCUT2D eigenvalue weighted by Crippen LogP contribution is -2.56. The zero-order chi connectivity index (χ0) is 18.5. The Bertz CT molecular complexity index is 751. The van der Waals surface area contributed by atoms with Crippen LogP contribution < -0.4 is 0 Å². The molecule has 0 aromatic heterocycles. The van der Waals surface area contributed by atoms with Gasteiger partial charge in [-0.25, -0.2) is 0 Å². The highest BCUT2D eigenvalue weighted by atomic mass is 16.6. The van der Waals surface area contributed by atoms with E-state index in [0.29, 0.717) is 24.2 Å². The molecule has 1 heterocycles. The van der Waals surface area contributed by atoms with Gasteiger partial charge in [0.2, 0.25) is 0 Å². The Hall–Kier alpha value is -1.13.